The lowest BCUT2D eigenvalue weighted by atomic mass is 9.94. The minimum absolute atomic E-state index is 0.453. The van der Waals surface area contributed by atoms with Gasteiger partial charge in [0.05, 0.1) is 0 Å². The first-order valence-corrected chi connectivity index (χ1v) is 6.99. The Morgan fingerprint density at radius 3 is 2.19 bits per heavy atom. The number of rotatable bonds is 4. The Hall–Kier alpha value is -0.0800. The molecule has 0 aromatic rings. The maximum Gasteiger partial charge on any atom is 0.00915 e. The van der Waals surface area contributed by atoms with Gasteiger partial charge in [0, 0.05) is 12.6 Å². The van der Waals surface area contributed by atoms with Crippen molar-refractivity contribution in [2.75, 3.05) is 26.2 Å². The lowest BCUT2D eigenvalue weighted by Crippen LogP contribution is -2.45. The molecule has 0 aromatic heterocycles. The summed E-state index contributed by atoms with van der Waals surface area (Å²) in [4.78, 5) is 2.63. The number of piperidine rings is 1. The molecule has 0 atom stereocenters. The minimum Gasteiger partial charge on any atom is -0.314 e. The number of nitrogens with zero attached hydrogens (tertiary/aromatic N) is 1. The van der Waals surface area contributed by atoms with Gasteiger partial charge < -0.3 is 10.2 Å². The van der Waals surface area contributed by atoms with Crippen molar-refractivity contribution in [1.29, 1.82) is 0 Å². The molecule has 94 valence electrons. The van der Waals surface area contributed by atoms with Crippen molar-refractivity contribution < 1.29 is 0 Å². The third-order valence-electron chi connectivity index (χ3n) is 3.68. The highest BCUT2D eigenvalue weighted by atomic mass is 15.1. The van der Waals surface area contributed by atoms with Crippen LogP contribution >= 0.6 is 0 Å². The van der Waals surface area contributed by atoms with Crippen LogP contribution in [0.2, 0.25) is 0 Å². The lowest BCUT2D eigenvalue weighted by Gasteiger charge is -2.36. The monoisotopic (exact) mass is 224 g/mol. The van der Waals surface area contributed by atoms with E-state index >= 15 is 0 Å². The maximum atomic E-state index is 3.74. The molecule has 1 N–H and O–H groups in total. The van der Waals surface area contributed by atoms with Crippen LogP contribution < -0.4 is 5.32 Å². The summed E-state index contributed by atoms with van der Waals surface area (Å²) < 4.78 is 0. The zero-order chi connectivity index (χ0) is 11.6. The Balaban J connectivity index is 1.61. The first kappa shape index (κ1) is 12.4. The summed E-state index contributed by atoms with van der Waals surface area (Å²) in [7, 11) is 0. The predicted octanol–water partition coefficient (Wildman–Crippen LogP) is 2.50. The molecule has 1 aliphatic heterocycles. The summed E-state index contributed by atoms with van der Waals surface area (Å²) in [5.74, 6) is 1.02. The van der Waals surface area contributed by atoms with Gasteiger partial charge in [-0.2, -0.15) is 0 Å². The molecule has 2 fully saturated rings. The highest BCUT2D eigenvalue weighted by molar-refractivity contribution is 4.82. The average molecular weight is 224 g/mol. The Kier molecular flexibility index (Phi) is 3.91. The Morgan fingerprint density at radius 2 is 1.69 bits per heavy atom. The molecule has 2 rings (SSSR count). The molecule has 1 saturated carbocycles. The van der Waals surface area contributed by atoms with E-state index in [9.17, 15) is 0 Å². The summed E-state index contributed by atoms with van der Waals surface area (Å²) >= 11 is 0. The van der Waals surface area contributed by atoms with E-state index in [0.717, 1.165) is 12.0 Å². The van der Waals surface area contributed by atoms with Crippen molar-refractivity contribution in [2.24, 2.45) is 11.3 Å². The second-order valence-electron chi connectivity index (χ2n) is 6.96. The summed E-state index contributed by atoms with van der Waals surface area (Å²) in [5, 5.41) is 3.74. The zero-order valence-electron chi connectivity index (χ0n) is 11.3. The van der Waals surface area contributed by atoms with E-state index in [1.807, 2.05) is 0 Å². The SMILES string of the molecule is CC(C)(C)CN1CCC(NCC2CC2)CC1. The van der Waals surface area contributed by atoms with Crippen molar-refractivity contribution in [3.63, 3.8) is 0 Å². The van der Waals surface area contributed by atoms with E-state index in [4.69, 9.17) is 0 Å². The van der Waals surface area contributed by atoms with E-state index in [-0.39, 0.29) is 0 Å². The average Bonchev–Trinajstić information content (AvgIpc) is 2.98. The fourth-order valence-electron chi connectivity index (χ4n) is 2.62. The summed E-state index contributed by atoms with van der Waals surface area (Å²) in [6.07, 6.45) is 5.64. The summed E-state index contributed by atoms with van der Waals surface area (Å²) in [6, 6.07) is 0.803. The van der Waals surface area contributed by atoms with E-state index in [1.165, 1.54) is 51.9 Å². The Morgan fingerprint density at radius 1 is 1.06 bits per heavy atom. The molecule has 1 heterocycles. The van der Waals surface area contributed by atoms with Gasteiger partial charge in [-0.3, -0.25) is 0 Å². The molecule has 1 saturated heterocycles. The third-order valence-corrected chi connectivity index (χ3v) is 3.68. The van der Waals surface area contributed by atoms with Crippen LogP contribution in [0.4, 0.5) is 0 Å². The van der Waals surface area contributed by atoms with Gasteiger partial charge in [-0.1, -0.05) is 20.8 Å². The molecule has 2 heteroatoms. The largest absolute Gasteiger partial charge is 0.314 e. The predicted molar refractivity (Wildman–Crippen MR) is 69.6 cm³/mol. The van der Waals surface area contributed by atoms with Crippen LogP contribution in [0, 0.1) is 11.3 Å². The highest BCUT2D eigenvalue weighted by Gasteiger charge is 2.25. The van der Waals surface area contributed by atoms with Crippen molar-refractivity contribution in [3.8, 4) is 0 Å². The van der Waals surface area contributed by atoms with Gasteiger partial charge in [0.2, 0.25) is 0 Å². The van der Waals surface area contributed by atoms with Crippen LogP contribution in [0.25, 0.3) is 0 Å². The summed E-state index contributed by atoms with van der Waals surface area (Å²) in [6.45, 7) is 12.1. The quantitative estimate of drug-likeness (QED) is 0.789. The van der Waals surface area contributed by atoms with E-state index in [1.54, 1.807) is 0 Å². The topological polar surface area (TPSA) is 15.3 Å². The van der Waals surface area contributed by atoms with Gasteiger partial charge in [-0.25, -0.2) is 0 Å². The molecule has 0 radical (unpaired) electrons. The van der Waals surface area contributed by atoms with E-state index < -0.39 is 0 Å². The van der Waals surface area contributed by atoms with E-state index in [0.29, 0.717) is 5.41 Å². The fourth-order valence-corrected chi connectivity index (χ4v) is 2.62. The molecule has 0 unspecified atom stereocenters. The molecule has 2 aliphatic rings. The third kappa shape index (κ3) is 4.42. The number of likely N-dealkylation sites (tertiary alicyclic amines) is 1. The Labute approximate surface area is 101 Å². The maximum absolute atomic E-state index is 3.74. The summed E-state index contributed by atoms with van der Waals surface area (Å²) in [5.41, 5.74) is 0.453. The van der Waals surface area contributed by atoms with Crippen molar-refractivity contribution >= 4 is 0 Å². The van der Waals surface area contributed by atoms with Crippen molar-refractivity contribution in [2.45, 2.75) is 52.5 Å². The van der Waals surface area contributed by atoms with Crippen LogP contribution in [-0.2, 0) is 0 Å². The Bertz CT molecular complexity index is 207. The number of hydrogen-bond donors (Lipinski definition) is 1. The van der Waals surface area contributed by atoms with Gasteiger partial charge in [-0.15, -0.1) is 0 Å². The van der Waals surface area contributed by atoms with E-state index in [2.05, 4.69) is 31.0 Å². The zero-order valence-corrected chi connectivity index (χ0v) is 11.3. The molecule has 0 amide bonds. The smallest absolute Gasteiger partial charge is 0.00915 e. The molecular weight excluding hydrogens is 196 g/mol. The highest BCUT2D eigenvalue weighted by Crippen LogP contribution is 2.28. The second kappa shape index (κ2) is 5.05. The standard InChI is InChI=1S/C14H28N2/c1-14(2,3)11-16-8-6-13(7-9-16)15-10-12-4-5-12/h12-13,15H,4-11H2,1-3H3. The van der Waals surface area contributed by atoms with Crippen molar-refractivity contribution in [3.05, 3.63) is 0 Å². The van der Waals surface area contributed by atoms with Crippen LogP contribution in [0.15, 0.2) is 0 Å². The first-order chi connectivity index (χ1) is 7.53. The first-order valence-electron chi connectivity index (χ1n) is 6.99. The molecular formula is C14H28N2. The lowest BCUT2D eigenvalue weighted by molar-refractivity contribution is 0.146. The van der Waals surface area contributed by atoms with Gasteiger partial charge in [0.1, 0.15) is 0 Å². The molecule has 2 nitrogen and oxygen atoms in total. The van der Waals surface area contributed by atoms with Crippen LogP contribution in [0.3, 0.4) is 0 Å². The van der Waals surface area contributed by atoms with Crippen LogP contribution in [0.1, 0.15) is 46.5 Å². The van der Waals surface area contributed by atoms with Gasteiger partial charge in [-0.05, 0) is 56.7 Å². The molecule has 0 aromatic carbocycles. The van der Waals surface area contributed by atoms with Gasteiger partial charge in [0.15, 0.2) is 0 Å². The van der Waals surface area contributed by atoms with Gasteiger partial charge >= 0.3 is 0 Å². The van der Waals surface area contributed by atoms with Crippen LogP contribution in [0.5, 0.6) is 0 Å². The number of hydrogen-bond acceptors (Lipinski definition) is 2. The molecule has 1 aliphatic carbocycles. The number of nitrogens with one attached hydrogen (secondary N) is 1. The fraction of sp³-hybridized carbons (Fsp3) is 1.00. The molecule has 16 heavy (non-hydrogen) atoms. The van der Waals surface area contributed by atoms with Crippen molar-refractivity contribution in [1.82, 2.24) is 10.2 Å². The molecule has 0 spiro atoms. The minimum atomic E-state index is 0.453. The van der Waals surface area contributed by atoms with Gasteiger partial charge in [0.25, 0.3) is 0 Å². The normalized spacial score (nSPS) is 24.9. The van der Waals surface area contributed by atoms with Crippen LogP contribution in [-0.4, -0.2) is 37.1 Å². The second-order valence-corrected chi connectivity index (χ2v) is 6.96. The molecule has 0 bridgehead atoms.